The molecule has 3 rings (SSSR count). The number of nitrogens with one attached hydrogen (secondary N) is 3. The van der Waals surface area contributed by atoms with E-state index in [0.29, 0.717) is 6.42 Å². The van der Waals surface area contributed by atoms with Crippen LogP contribution in [0.2, 0.25) is 0 Å². The minimum Gasteiger partial charge on any atom is -0.467 e. The predicted molar refractivity (Wildman–Crippen MR) is 129 cm³/mol. The Balaban J connectivity index is 1.66. The third kappa shape index (κ3) is 6.84. The summed E-state index contributed by atoms with van der Waals surface area (Å²) in [7, 11) is 1.28. The quantitative estimate of drug-likeness (QED) is 0.373. The Morgan fingerprint density at radius 1 is 0.971 bits per heavy atom. The number of methoxy groups -OCH3 is 1. The molecule has 0 saturated heterocycles. The van der Waals surface area contributed by atoms with Gasteiger partial charge in [0.2, 0.25) is 5.91 Å². The molecule has 180 valence electrons. The molecule has 1 aromatic heterocycles. The molecule has 0 aliphatic heterocycles. The second-order valence-electron chi connectivity index (χ2n) is 8.05. The molecular weight excluding hydrogens is 434 g/mol. The molecule has 0 aliphatic carbocycles. The van der Waals surface area contributed by atoms with E-state index in [1.54, 1.807) is 0 Å². The Hall–Kier alpha value is -3.81. The van der Waals surface area contributed by atoms with Crippen molar-refractivity contribution in [3.63, 3.8) is 0 Å². The summed E-state index contributed by atoms with van der Waals surface area (Å²) in [6.07, 6.45) is 3.38. The van der Waals surface area contributed by atoms with Gasteiger partial charge in [-0.2, -0.15) is 0 Å². The highest BCUT2D eigenvalue weighted by molar-refractivity contribution is 5.90. The zero-order chi connectivity index (χ0) is 24.3. The highest BCUT2D eigenvalue weighted by Crippen LogP contribution is 2.19. The number of unbranched alkanes of at least 4 members (excludes halogenated alkanes) is 1. The van der Waals surface area contributed by atoms with E-state index in [4.69, 9.17) is 9.47 Å². The molecule has 0 radical (unpaired) electrons. The van der Waals surface area contributed by atoms with Crippen LogP contribution in [0.1, 0.15) is 37.3 Å². The predicted octanol–water partition coefficient (Wildman–Crippen LogP) is 3.85. The van der Waals surface area contributed by atoms with Gasteiger partial charge >= 0.3 is 12.1 Å². The van der Waals surface area contributed by atoms with Crippen molar-refractivity contribution in [1.29, 1.82) is 0 Å². The summed E-state index contributed by atoms with van der Waals surface area (Å²) in [5.74, 6) is -1.01. The van der Waals surface area contributed by atoms with Gasteiger partial charge in [0.25, 0.3) is 0 Å². The maximum atomic E-state index is 13.1. The summed E-state index contributed by atoms with van der Waals surface area (Å²) in [6, 6.07) is 15.3. The zero-order valence-corrected chi connectivity index (χ0v) is 19.5. The summed E-state index contributed by atoms with van der Waals surface area (Å²) in [4.78, 5) is 41.1. The maximum Gasteiger partial charge on any atom is 0.408 e. The smallest absolute Gasteiger partial charge is 0.408 e. The number of para-hydroxylation sites is 1. The molecule has 0 unspecified atom stereocenters. The fourth-order valence-corrected chi connectivity index (χ4v) is 3.71. The molecular formula is C26H31N3O5. The van der Waals surface area contributed by atoms with Crippen molar-refractivity contribution in [3.8, 4) is 0 Å². The van der Waals surface area contributed by atoms with Crippen molar-refractivity contribution in [2.24, 2.45) is 0 Å². The Morgan fingerprint density at radius 2 is 1.71 bits per heavy atom. The van der Waals surface area contributed by atoms with Crippen LogP contribution in [-0.2, 0) is 32.1 Å². The molecule has 3 aromatic rings. The Bertz CT molecular complexity index is 1100. The number of hydrogen-bond acceptors (Lipinski definition) is 5. The molecule has 34 heavy (non-hydrogen) atoms. The second kappa shape index (κ2) is 12.4. The summed E-state index contributed by atoms with van der Waals surface area (Å²) in [5, 5.41) is 6.37. The first-order chi connectivity index (χ1) is 16.5. The first-order valence-electron chi connectivity index (χ1n) is 11.4. The fourth-order valence-electron chi connectivity index (χ4n) is 3.71. The molecule has 2 aromatic carbocycles. The van der Waals surface area contributed by atoms with Gasteiger partial charge in [0, 0.05) is 23.5 Å². The van der Waals surface area contributed by atoms with Crippen molar-refractivity contribution in [2.45, 2.75) is 51.3 Å². The number of amides is 2. The number of aromatic amines is 1. The minimum absolute atomic E-state index is 0.0974. The van der Waals surface area contributed by atoms with Crippen molar-refractivity contribution >= 4 is 28.9 Å². The van der Waals surface area contributed by atoms with E-state index < -0.39 is 30.1 Å². The Kier molecular flexibility index (Phi) is 9.08. The fraction of sp³-hybridized carbons (Fsp3) is 0.346. The highest BCUT2D eigenvalue weighted by Gasteiger charge is 2.28. The van der Waals surface area contributed by atoms with Gasteiger partial charge < -0.3 is 25.1 Å². The number of carbonyl (C=O) groups excluding carboxylic acids is 3. The minimum atomic E-state index is -0.900. The van der Waals surface area contributed by atoms with Gasteiger partial charge in [-0.3, -0.25) is 4.79 Å². The largest absolute Gasteiger partial charge is 0.467 e. The number of alkyl carbamates (subject to hydrolysis) is 1. The molecule has 1 heterocycles. The maximum absolute atomic E-state index is 13.1. The van der Waals surface area contributed by atoms with Gasteiger partial charge in [-0.05, 0) is 23.6 Å². The van der Waals surface area contributed by atoms with Crippen molar-refractivity contribution < 1.29 is 23.9 Å². The van der Waals surface area contributed by atoms with E-state index >= 15 is 0 Å². The molecule has 8 heteroatoms. The highest BCUT2D eigenvalue weighted by atomic mass is 16.5. The third-order valence-electron chi connectivity index (χ3n) is 5.57. The normalized spacial score (nSPS) is 12.5. The van der Waals surface area contributed by atoms with E-state index in [-0.39, 0.29) is 13.0 Å². The van der Waals surface area contributed by atoms with Gasteiger partial charge in [-0.1, -0.05) is 68.3 Å². The second-order valence-corrected chi connectivity index (χ2v) is 8.05. The van der Waals surface area contributed by atoms with E-state index in [0.717, 1.165) is 34.9 Å². The Morgan fingerprint density at radius 3 is 2.44 bits per heavy atom. The number of benzene rings is 2. The van der Waals surface area contributed by atoms with Crippen molar-refractivity contribution in [1.82, 2.24) is 15.6 Å². The molecule has 0 aliphatic rings. The summed E-state index contributed by atoms with van der Waals surface area (Å²) < 4.78 is 10.2. The van der Waals surface area contributed by atoms with Crippen molar-refractivity contribution in [2.75, 3.05) is 7.11 Å². The van der Waals surface area contributed by atoms with E-state index in [9.17, 15) is 14.4 Å². The topological polar surface area (TPSA) is 110 Å². The number of H-pyrrole nitrogens is 1. The lowest BCUT2D eigenvalue weighted by Gasteiger charge is -2.22. The number of carbonyl (C=O) groups is 3. The van der Waals surface area contributed by atoms with E-state index in [1.807, 2.05) is 67.7 Å². The molecule has 8 nitrogen and oxygen atoms in total. The SMILES string of the molecule is CCCC[C@H](NC(=O)OCc1ccccc1)C(=O)N[C@@H](Cc1c[nH]c2ccccc12)C(=O)OC. The van der Waals surface area contributed by atoms with Crippen LogP contribution in [0, 0.1) is 0 Å². The lowest BCUT2D eigenvalue weighted by molar-refractivity contribution is -0.145. The molecule has 0 saturated carbocycles. The summed E-state index contributed by atoms with van der Waals surface area (Å²) >= 11 is 0. The van der Waals surface area contributed by atoms with Crippen LogP contribution >= 0.6 is 0 Å². The van der Waals surface area contributed by atoms with Crippen LogP contribution in [0.15, 0.2) is 60.8 Å². The van der Waals surface area contributed by atoms with Crippen LogP contribution in [0.4, 0.5) is 4.79 Å². The lowest BCUT2D eigenvalue weighted by atomic mass is 10.0. The number of aromatic nitrogens is 1. The number of esters is 1. The third-order valence-corrected chi connectivity index (χ3v) is 5.57. The summed E-state index contributed by atoms with van der Waals surface area (Å²) in [6.45, 7) is 2.09. The van der Waals surface area contributed by atoms with Gasteiger partial charge in [-0.15, -0.1) is 0 Å². The van der Waals surface area contributed by atoms with E-state index in [2.05, 4.69) is 15.6 Å². The summed E-state index contributed by atoms with van der Waals surface area (Å²) in [5.41, 5.74) is 2.67. The molecule has 2 amide bonds. The standard InChI is InChI=1S/C26H31N3O5/c1-3-4-13-22(29-26(32)34-17-18-10-6-5-7-11-18)24(30)28-23(25(31)33-2)15-19-16-27-21-14-9-8-12-20(19)21/h5-12,14,16,22-23,27H,3-4,13,15,17H2,1-2H3,(H,28,30)(H,29,32)/t22-,23-/m0/s1. The lowest BCUT2D eigenvalue weighted by Crippen LogP contribution is -2.52. The zero-order valence-electron chi connectivity index (χ0n) is 19.5. The van der Waals surface area contributed by atoms with Crippen molar-refractivity contribution in [3.05, 3.63) is 71.9 Å². The monoisotopic (exact) mass is 465 g/mol. The van der Waals surface area contributed by atoms with Gasteiger partial charge in [0.1, 0.15) is 18.7 Å². The Labute approximate surface area is 199 Å². The molecule has 2 atom stereocenters. The first-order valence-corrected chi connectivity index (χ1v) is 11.4. The molecule has 0 spiro atoms. The molecule has 0 fully saturated rings. The van der Waals surface area contributed by atoms with E-state index in [1.165, 1.54) is 7.11 Å². The van der Waals surface area contributed by atoms with Gasteiger partial charge in [-0.25, -0.2) is 9.59 Å². The molecule has 3 N–H and O–H groups in total. The van der Waals surface area contributed by atoms with Gasteiger partial charge in [0.05, 0.1) is 7.11 Å². The van der Waals surface area contributed by atoms with Gasteiger partial charge in [0.15, 0.2) is 0 Å². The number of fused-ring (bicyclic) bond motifs is 1. The number of rotatable bonds is 11. The van der Waals surface area contributed by atoms with Crippen LogP contribution in [-0.4, -0.2) is 42.1 Å². The van der Waals surface area contributed by atoms with Crippen LogP contribution < -0.4 is 10.6 Å². The average molecular weight is 466 g/mol. The molecule has 0 bridgehead atoms. The number of hydrogen-bond donors (Lipinski definition) is 3. The first kappa shape index (κ1) is 24.8. The number of ether oxygens (including phenoxy) is 2. The van der Waals surface area contributed by atoms with Crippen LogP contribution in [0.3, 0.4) is 0 Å². The average Bonchev–Trinajstić information content (AvgIpc) is 3.27. The van der Waals surface area contributed by atoms with Crippen LogP contribution in [0.25, 0.3) is 10.9 Å². The van der Waals surface area contributed by atoms with Crippen LogP contribution in [0.5, 0.6) is 0 Å².